The number of ether oxygens (including phenoxy) is 1. The van der Waals surface area contributed by atoms with E-state index in [0.717, 1.165) is 65.9 Å². The van der Waals surface area contributed by atoms with E-state index in [1.807, 2.05) is 42.5 Å². The average Bonchev–Trinajstić information content (AvgIpc) is 3.40. The number of fused-ring (bicyclic) bond motifs is 1. The second kappa shape index (κ2) is 11.5. The summed E-state index contributed by atoms with van der Waals surface area (Å²) < 4.78 is 7.01. The number of methoxy groups -OCH3 is 1. The Morgan fingerprint density at radius 1 is 0.951 bits per heavy atom. The highest BCUT2D eigenvalue weighted by molar-refractivity contribution is 5.84. The van der Waals surface area contributed by atoms with Crippen molar-refractivity contribution in [3.8, 4) is 28.3 Å². The van der Waals surface area contributed by atoms with Crippen LogP contribution in [-0.2, 0) is 16.1 Å². The fraction of sp³-hybridized carbons (Fsp3) is 0.273. The van der Waals surface area contributed by atoms with E-state index in [1.54, 1.807) is 6.20 Å². The van der Waals surface area contributed by atoms with Gasteiger partial charge in [-0.15, -0.1) is 0 Å². The molecule has 0 bridgehead atoms. The van der Waals surface area contributed by atoms with Gasteiger partial charge in [-0.05, 0) is 74.7 Å². The van der Waals surface area contributed by atoms with Gasteiger partial charge in [-0.2, -0.15) is 0 Å². The first-order chi connectivity index (χ1) is 20.0. The van der Waals surface area contributed by atoms with Crippen molar-refractivity contribution in [2.75, 3.05) is 19.9 Å². The molecule has 1 aliphatic rings. The van der Waals surface area contributed by atoms with E-state index in [1.165, 1.54) is 12.7 Å². The molecule has 0 unspecified atom stereocenters. The first kappa shape index (κ1) is 26.7. The zero-order valence-electron chi connectivity index (χ0n) is 23.4. The number of esters is 1. The van der Waals surface area contributed by atoms with E-state index < -0.39 is 0 Å². The first-order valence-corrected chi connectivity index (χ1v) is 14.0. The molecule has 208 valence electrons. The summed E-state index contributed by atoms with van der Waals surface area (Å²) >= 11 is 0. The van der Waals surface area contributed by atoms with Crippen LogP contribution in [0.25, 0.3) is 39.5 Å². The molecule has 2 N–H and O–H groups in total. The van der Waals surface area contributed by atoms with Crippen LogP contribution >= 0.6 is 0 Å². The number of hydrogen-bond donors (Lipinski definition) is 1. The molecule has 3 aromatic heterocycles. The Balaban J connectivity index is 1.31. The molecule has 0 spiro atoms. The number of benzene rings is 2. The zero-order chi connectivity index (χ0) is 28.3. The summed E-state index contributed by atoms with van der Waals surface area (Å²) in [4.78, 5) is 28.6. The third-order valence-electron chi connectivity index (χ3n) is 8.13. The number of anilines is 1. The molecule has 8 nitrogen and oxygen atoms in total. The molecule has 0 atom stereocenters. The van der Waals surface area contributed by atoms with Gasteiger partial charge in [-0.1, -0.05) is 42.5 Å². The number of nitrogens with zero attached hydrogens (tertiary/aromatic N) is 5. The van der Waals surface area contributed by atoms with E-state index in [4.69, 9.17) is 20.4 Å². The van der Waals surface area contributed by atoms with E-state index in [9.17, 15) is 4.79 Å². The number of imidazole rings is 1. The van der Waals surface area contributed by atoms with Crippen molar-refractivity contribution >= 4 is 23.0 Å². The summed E-state index contributed by atoms with van der Waals surface area (Å²) in [5.41, 5.74) is 12.7. The summed E-state index contributed by atoms with van der Waals surface area (Å²) in [5, 5.41) is 0. The largest absolute Gasteiger partial charge is 0.469 e. The van der Waals surface area contributed by atoms with Gasteiger partial charge in [0.25, 0.3) is 0 Å². The van der Waals surface area contributed by atoms with E-state index in [2.05, 4.69) is 57.9 Å². The predicted octanol–water partition coefficient (Wildman–Crippen LogP) is 5.90. The normalized spacial score (nSPS) is 17.1. The quantitative estimate of drug-likeness (QED) is 0.254. The molecular formula is C33H34N6O2. The van der Waals surface area contributed by atoms with Gasteiger partial charge in [0.05, 0.1) is 24.3 Å². The lowest BCUT2D eigenvalue weighted by Gasteiger charge is -2.33. The minimum absolute atomic E-state index is 0.0352. The van der Waals surface area contributed by atoms with Crippen molar-refractivity contribution in [2.45, 2.75) is 38.3 Å². The van der Waals surface area contributed by atoms with Crippen LogP contribution in [0, 0.1) is 5.92 Å². The van der Waals surface area contributed by atoms with Crippen LogP contribution < -0.4 is 5.73 Å². The van der Waals surface area contributed by atoms with Crippen molar-refractivity contribution in [3.05, 3.63) is 90.6 Å². The van der Waals surface area contributed by atoms with Crippen LogP contribution in [0.1, 0.15) is 31.2 Å². The van der Waals surface area contributed by atoms with Crippen LogP contribution in [0.15, 0.2) is 85.1 Å². The summed E-state index contributed by atoms with van der Waals surface area (Å²) in [6.07, 6.45) is 5.45. The van der Waals surface area contributed by atoms with E-state index in [-0.39, 0.29) is 11.9 Å². The number of rotatable bonds is 7. The van der Waals surface area contributed by atoms with Crippen LogP contribution in [-0.4, -0.2) is 50.6 Å². The number of pyridine rings is 2. The number of hydrogen-bond acceptors (Lipinski definition) is 7. The van der Waals surface area contributed by atoms with Gasteiger partial charge in [0.1, 0.15) is 11.3 Å². The minimum Gasteiger partial charge on any atom is -0.469 e. The van der Waals surface area contributed by atoms with Gasteiger partial charge in [-0.25, -0.2) is 15.0 Å². The van der Waals surface area contributed by atoms with Gasteiger partial charge < -0.3 is 10.5 Å². The summed E-state index contributed by atoms with van der Waals surface area (Å²) in [6.45, 7) is 0.831. The lowest BCUT2D eigenvalue weighted by Crippen LogP contribution is -2.36. The Kier molecular flexibility index (Phi) is 7.48. The molecule has 41 heavy (non-hydrogen) atoms. The average molecular weight is 547 g/mol. The summed E-state index contributed by atoms with van der Waals surface area (Å²) in [5.74, 6) is 1.09. The Bertz CT molecular complexity index is 1660. The lowest BCUT2D eigenvalue weighted by atomic mass is 9.85. The number of nitrogen functional groups attached to an aromatic ring is 1. The molecule has 2 aromatic carbocycles. The van der Waals surface area contributed by atoms with Gasteiger partial charge in [0, 0.05) is 30.0 Å². The van der Waals surface area contributed by atoms with Crippen molar-refractivity contribution in [1.29, 1.82) is 0 Å². The monoisotopic (exact) mass is 546 g/mol. The molecule has 8 heteroatoms. The van der Waals surface area contributed by atoms with E-state index >= 15 is 0 Å². The standard InChI is InChI=1S/C33H34N6O2/c1-38(25-16-12-24(13-17-25)33(40)41-2)21-22-10-14-26(15-11-22)39-31(27-9-6-20-35-30(27)34)37-29-19-18-28(36-32(29)39)23-7-4-3-5-8-23/h3-11,14-15,18-20,24-25H,12-13,16-17,21H2,1-2H3,(H2,34,35). The molecule has 1 fully saturated rings. The fourth-order valence-electron chi connectivity index (χ4n) is 5.85. The van der Waals surface area contributed by atoms with E-state index in [0.29, 0.717) is 17.7 Å². The van der Waals surface area contributed by atoms with Gasteiger partial charge in [0.15, 0.2) is 11.5 Å². The maximum atomic E-state index is 11.9. The topological polar surface area (TPSA) is 99.2 Å². The number of nitrogens with two attached hydrogens (primary N) is 1. The molecule has 0 aliphatic heterocycles. The Labute approximate surface area is 239 Å². The number of carbonyl (C=O) groups excluding carboxylic acids is 1. The highest BCUT2D eigenvalue weighted by Gasteiger charge is 2.28. The van der Waals surface area contributed by atoms with Gasteiger partial charge >= 0.3 is 5.97 Å². The highest BCUT2D eigenvalue weighted by atomic mass is 16.5. The van der Waals surface area contributed by atoms with Crippen LogP contribution in [0.2, 0.25) is 0 Å². The third kappa shape index (κ3) is 5.43. The van der Waals surface area contributed by atoms with Crippen molar-refractivity contribution in [2.24, 2.45) is 5.92 Å². The Morgan fingerprint density at radius 2 is 1.71 bits per heavy atom. The number of aromatic nitrogens is 4. The van der Waals surface area contributed by atoms with Gasteiger partial charge in [0.2, 0.25) is 0 Å². The maximum absolute atomic E-state index is 11.9. The SMILES string of the molecule is COC(=O)C1CCC(N(C)Cc2ccc(-n3c(-c4cccnc4N)nc4ccc(-c5ccccc5)nc43)cc2)CC1. The zero-order valence-corrected chi connectivity index (χ0v) is 23.4. The van der Waals surface area contributed by atoms with Crippen molar-refractivity contribution in [1.82, 2.24) is 24.4 Å². The molecule has 0 amide bonds. The molecule has 0 radical (unpaired) electrons. The molecule has 6 rings (SSSR count). The molecule has 1 saturated carbocycles. The third-order valence-corrected chi connectivity index (χ3v) is 8.13. The van der Waals surface area contributed by atoms with Crippen LogP contribution in [0.5, 0.6) is 0 Å². The Hall–Kier alpha value is -4.56. The molecule has 1 aliphatic carbocycles. The van der Waals surface area contributed by atoms with Gasteiger partial charge in [-0.3, -0.25) is 14.3 Å². The second-order valence-electron chi connectivity index (χ2n) is 10.7. The lowest BCUT2D eigenvalue weighted by molar-refractivity contribution is -0.146. The van der Waals surface area contributed by atoms with Crippen molar-refractivity contribution < 1.29 is 9.53 Å². The fourth-order valence-corrected chi connectivity index (χ4v) is 5.85. The molecule has 0 saturated heterocycles. The van der Waals surface area contributed by atoms with Crippen LogP contribution in [0.3, 0.4) is 0 Å². The second-order valence-corrected chi connectivity index (χ2v) is 10.7. The number of carbonyl (C=O) groups is 1. The smallest absolute Gasteiger partial charge is 0.308 e. The summed E-state index contributed by atoms with van der Waals surface area (Å²) in [6, 6.07) is 27.0. The van der Waals surface area contributed by atoms with Crippen LogP contribution in [0.4, 0.5) is 5.82 Å². The molecule has 5 aromatic rings. The summed E-state index contributed by atoms with van der Waals surface area (Å²) in [7, 11) is 3.64. The van der Waals surface area contributed by atoms with Crippen molar-refractivity contribution in [3.63, 3.8) is 0 Å². The highest BCUT2D eigenvalue weighted by Crippen LogP contribution is 2.32. The predicted molar refractivity (Wildman–Crippen MR) is 161 cm³/mol. The molecular weight excluding hydrogens is 512 g/mol. The maximum Gasteiger partial charge on any atom is 0.308 e. The Morgan fingerprint density at radius 3 is 2.41 bits per heavy atom. The molecule has 3 heterocycles. The minimum atomic E-state index is -0.0773. The first-order valence-electron chi connectivity index (χ1n) is 14.0.